The predicted molar refractivity (Wildman–Crippen MR) is 157 cm³/mol. The van der Waals surface area contributed by atoms with Crippen LogP contribution in [0.4, 0.5) is 0 Å². The minimum Gasteiger partial charge on any atom is -0.488 e. The molecule has 0 N–H and O–H groups in total. The molecule has 6 nitrogen and oxygen atoms in total. The van der Waals surface area contributed by atoms with Crippen molar-refractivity contribution in [1.82, 2.24) is 0 Å². The summed E-state index contributed by atoms with van der Waals surface area (Å²) in [5.74, 6) is -1.57. The number of hydrogen-bond donors (Lipinski definition) is 0. The highest BCUT2D eigenvalue weighted by Crippen LogP contribution is 2.49. The lowest BCUT2D eigenvalue weighted by molar-refractivity contribution is -0.146. The summed E-state index contributed by atoms with van der Waals surface area (Å²) in [4.78, 5) is 41.7. The van der Waals surface area contributed by atoms with Gasteiger partial charge in [0, 0.05) is 22.6 Å². The molecule has 1 aliphatic carbocycles. The molecule has 1 aliphatic heterocycles. The number of rotatable bonds is 6. The molecule has 2 aromatic carbocycles. The normalized spacial score (nSPS) is 25.9. The lowest BCUT2D eigenvalue weighted by atomic mass is 9.57. The van der Waals surface area contributed by atoms with Gasteiger partial charge in [-0.15, -0.1) is 0 Å². The maximum Gasteiger partial charge on any atom is 0.338 e. The molecule has 7 heteroatoms. The van der Waals surface area contributed by atoms with Crippen LogP contribution in [0.15, 0.2) is 70.2 Å². The first-order valence-electron chi connectivity index (χ1n) is 13.6. The smallest absolute Gasteiger partial charge is 0.338 e. The van der Waals surface area contributed by atoms with Gasteiger partial charge in [-0.1, -0.05) is 52.7 Å². The fourth-order valence-electron chi connectivity index (χ4n) is 5.70. The average Bonchev–Trinajstić information content (AvgIpc) is 2.94. The van der Waals surface area contributed by atoms with E-state index in [4.69, 9.17) is 14.2 Å². The van der Waals surface area contributed by atoms with E-state index in [1.807, 2.05) is 20.8 Å². The number of carbonyl (C=O) groups is 3. The molecule has 1 saturated carbocycles. The van der Waals surface area contributed by atoms with Crippen LogP contribution in [0, 0.1) is 17.3 Å². The van der Waals surface area contributed by atoms with Crippen molar-refractivity contribution in [3.63, 3.8) is 0 Å². The molecule has 0 saturated heterocycles. The zero-order chi connectivity index (χ0) is 29.0. The minimum absolute atomic E-state index is 0.0110. The first kappa shape index (κ1) is 29.9. The molecule has 0 spiro atoms. The topological polar surface area (TPSA) is 78.9 Å². The van der Waals surface area contributed by atoms with Crippen LogP contribution in [-0.2, 0) is 20.9 Å². The van der Waals surface area contributed by atoms with Crippen molar-refractivity contribution in [3.05, 3.63) is 86.9 Å². The van der Waals surface area contributed by atoms with Crippen molar-refractivity contribution in [2.45, 2.75) is 59.7 Å². The summed E-state index contributed by atoms with van der Waals surface area (Å²) in [5.41, 5.74) is 2.53. The van der Waals surface area contributed by atoms with E-state index < -0.39 is 23.4 Å². The van der Waals surface area contributed by atoms with Crippen LogP contribution < -0.4 is 4.74 Å². The standard InChI is InChI=1S/C33H37BrO6/c1-20(2)13-15-33-16-14-21(3)18-39-26-8-6-7-24(19-40-32(37)23-9-11-25(34)12-10-23)28(26)30(35)29(31(33)36)27(38-5)17-22(33)4/h6-14,22,27,29H,15-19H2,1-5H3/b21-14-/t22-,27?,29?,33-/m0/s1. The Balaban J connectivity index is 1.78. The summed E-state index contributed by atoms with van der Waals surface area (Å²) in [7, 11) is 1.56. The Morgan fingerprint density at radius 1 is 1.15 bits per heavy atom. The van der Waals surface area contributed by atoms with Crippen molar-refractivity contribution in [2.24, 2.45) is 17.3 Å². The third-order valence-electron chi connectivity index (χ3n) is 8.20. The highest BCUT2D eigenvalue weighted by Gasteiger charge is 2.54. The molecule has 4 rings (SSSR count). The highest BCUT2D eigenvalue weighted by atomic mass is 79.9. The third-order valence-corrected chi connectivity index (χ3v) is 8.73. The molecule has 40 heavy (non-hydrogen) atoms. The molecule has 4 atom stereocenters. The largest absolute Gasteiger partial charge is 0.488 e. The van der Waals surface area contributed by atoms with Crippen molar-refractivity contribution in [3.8, 4) is 5.75 Å². The number of Topliss-reactive ketones (excluding diaryl/α,β-unsaturated/α-hetero) is 2. The van der Waals surface area contributed by atoms with Crippen molar-refractivity contribution < 1.29 is 28.6 Å². The second kappa shape index (κ2) is 12.6. The first-order valence-corrected chi connectivity index (χ1v) is 14.4. The number of hydrogen-bond acceptors (Lipinski definition) is 6. The monoisotopic (exact) mass is 608 g/mol. The third kappa shape index (κ3) is 6.16. The molecular weight excluding hydrogens is 572 g/mol. The number of benzene rings is 2. The van der Waals surface area contributed by atoms with E-state index in [0.717, 1.165) is 15.6 Å². The molecule has 0 amide bonds. The van der Waals surface area contributed by atoms with Crippen LogP contribution in [0.5, 0.6) is 5.75 Å². The molecule has 1 fully saturated rings. The Morgan fingerprint density at radius 2 is 1.88 bits per heavy atom. The number of halogens is 1. The Morgan fingerprint density at radius 3 is 2.55 bits per heavy atom. The van der Waals surface area contributed by atoms with E-state index >= 15 is 0 Å². The molecule has 2 unspecified atom stereocenters. The van der Waals surface area contributed by atoms with Gasteiger partial charge in [-0.25, -0.2) is 4.79 Å². The van der Waals surface area contributed by atoms with Crippen molar-refractivity contribution in [2.75, 3.05) is 13.7 Å². The van der Waals surface area contributed by atoms with E-state index in [2.05, 4.69) is 35.0 Å². The van der Waals surface area contributed by atoms with Gasteiger partial charge in [0.2, 0.25) is 0 Å². The quantitative estimate of drug-likeness (QED) is 0.194. The molecule has 212 valence electrons. The van der Waals surface area contributed by atoms with Gasteiger partial charge in [-0.05, 0) is 81.9 Å². The van der Waals surface area contributed by atoms with Gasteiger partial charge in [-0.2, -0.15) is 0 Å². The summed E-state index contributed by atoms with van der Waals surface area (Å²) in [6.45, 7) is 8.25. The van der Waals surface area contributed by atoms with Crippen molar-refractivity contribution >= 4 is 33.5 Å². The van der Waals surface area contributed by atoms with Gasteiger partial charge in [0.1, 0.15) is 24.9 Å². The van der Waals surface area contributed by atoms with E-state index in [1.54, 1.807) is 49.6 Å². The van der Waals surface area contributed by atoms with Crippen LogP contribution in [0.2, 0.25) is 0 Å². The molecule has 2 bridgehead atoms. The number of ketones is 2. The lowest BCUT2D eigenvalue weighted by Gasteiger charge is -2.46. The second-order valence-corrected chi connectivity index (χ2v) is 12.1. The summed E-state index contributed by atoms with van der Waals surface area (Å²) < 4.78 is 18.4. The maximum atomic E-state index is 14.5. The summed E-state index contributed by atoms with van der Waals surface area (Å²) >= 11 is 3.37. The van der Waals surface area contributed by atoms with Gasteiger partial charge in [0.05, 0.1) is 17.2 Å². The highest BCUT2D eigenvalue weighted by molar-refractivity contribution is 9.10. The molecule has 2 aliphatic rings. The molecule has 0 aromatic heterocycles. The number of methoxy groups -OCH3 is 1. The Kier molecular flexibility index (Phi) is 9.47. The number of allylic oxidation sites excluding steroid dienone is 3. The fourth-order valence-corrected chi connectivity index (χ4v) is 5.96. The maximum absolute atomic E-state index is 14.5. The number of esters is 1. The minimum atomic E-state index is -0.996. The zero-order valence-electron chi connectivity index (χ0n) is 23.8. The summed E-state index contributed by atoms with van der Waals surface area (Å²) in [5, 5.41) is 0. The van der Waals surface area contributed by atoms with E-state index in [-0.39, 0.29) is 36.3 Å². The van der Waals surface area contributed by atoms with Gasteiger partial charge in [-0.3, -0.25) is 9.59 Å². The van der Waals surface area contributed by atoms with Crippen LogP contribution >= 0.6 is 15.9 Å². The number of carbonyl (C=O) groups excluding carboxylic acids is 3. The SMILES string of the molecule is COC1C[C@H](C)[C@]2(CC=C(C)C)C/C=C(/C)COc3cccc(COC(=O)c4ccc(Br)cc4)c3C(=O)C1C2=O. The van der Waals surface area contributed by atoms with Gasteiger partial charge < -0.3 is 14.2 Å². The predicted octanol–water partition coefficient (Wildman–Crippen LogP) is 7.30. The molecule has 1 heterocycles. The number of ether oxygens (including phenoxy) is 3. The summed E-state index contributed by atoms with van der Waals surface area (Å²) in [6, 6.07) is 12.1. The van der Waals surface area contributed by atoms with Crippen LogP contribution in [0.25, 0.3) is 0 Å². The lowest BCUT2D eigenvalue weighted by Crippen LogP contribution is -2.54. The Hall–Kier alpha value is -3.03. The van der Waals surface area contributed by atoms with Crippen LogP contribution in [0.1, 0.15) is 73.2 Å². The van der Waals surface area contributed by atoms with E-state index in [9.17, 15) is 14.4 Å². The van der Waals surface area contributed by atoms with Gasteiger partial charge >= 0.3 is 5.97 Å². The molecule has 0 radical (unpaired) electrons. The average molecular weight is 610 g/mol. The van der Waals surface area contributed by atoms with E-state index in [0.29, 0.717) is 36.1 Å². The van der Waals surface area contributed by atoms with Crippen molar-refractivity contribution in [1.29, 1.82) is 0 Å². The molecular formula is C33H37BrO6. The van der Waals surface area contributed by atoms with E-state index in [1.165, 1.54) is 0 Å². The van der Waals surface area contributed by atoms with Crippen LogP contribution in [0.3, 0.4) is 0 Å². The van der Waals surface area contributed by atoms with Gasteiger partial charge in [0.15, 0.2) is 11.6 Å². The fraction of sp³-hybridized carbons (Fsp3) is 0.424. The second-order valence-electron chi connectivity index (χ2n) is 11.2. The van der Waals surface area contributed by atoms with Gasteiger partial charge in [0.25, 0.3) is 0 Å². The number of fused-ring (bicyclic) bond motifs is 3. The zero-order valence-corrected chi connectivity index (χ0v) is 25.4. The Labute approximate surface area is 244 Å². The Bertz CT molecular complexity index is 1340. The van der Waals surface area contributed by atoms with Crippen LogP contribution in [-0.4, -0.2) is 37.4 Å². The summed E-state index contributed by atoms with van der Waals surface area (Å²) in [6.07, 6.45) is 5.28. The molecule has 2 aromatic rings. The first-order chi connectivity index (χ1) is 19.1.